The van der Waals surface area contributed by atoms with Gasteiger partial charge in [0.1, 0.15) is 18.8 Å². The Morgan fingerprint density at radius 2 is 1.89 bits per heavy atom. The van der Waals surface area contributed by atoms with Gasteiger partial charge in [-0.1, -0.05) is 32.4 Å². The number of halogens is 2. The average Bonchev–Trinajstić information content (AvgIpc) is 3.16. The van der Waals surface area contributed by atoms with E-state index in [0.717, 1.165) is 0 Å². The first kappa shape index (κ1) is 27.5. The molecule has 0 radical (unpaired) electrons. The van der Waals surface area contributed by atoms with E-state index in [1.807, 2.05) is 0 Å². The van der Waals surface area contributed by atoms with E-state index in [1.165, 1.54) is 29.8 Å². The van der Waals surface area contributed by atoms with Gasteiger partial charge < -0.3 is 18.6 Å². The van der Waals surface area contributed by atoms with Crippen LogP contribution in [-0.4, -0.2) is 54.8 Å². The standard InChI is InChI=1S/C24H30ClFN4O5SSi/c1-24(2,3)37(4,5)33-9-8-32-22-27-12-14(13-28-22)29-23(31)35-18-7-6-17(18)34-19-11-20-16(10-15(19)26)30-21(25)36-20/h10-13,17-18H,6-9H2,1-5H3,(H,29,31)/t17-,18+/m1/s1. The molecule has 1 aliphatic rings. The molecule has 4 rings (SSSR count). The van der Waals surface area contributed by atoms with Crippen molar-refractivity contribution in [3.05, 3.63) is 34.8 Å². The SMILES string of the molecule is CC(C)(C)[Si](C)(C)OCCOc1ncc(NC(=O)O[C@H]2CC[C@H]2Oc2cc3sc(Cl)nc3cc2F)cn1. The lowest BCUT2D eigenvalue weighted by Crippen LogP contribution is -2.45. The van der Waals surface area contributed by atoms with E-state index in [-0.39, 0.29) is 16.8 Å². The van der Waals surface area contributed by atoms with Gasteiger partial charge in [-0.2, -0.15) is 0 Å². The second-order valence-electron chi connectivity index (χ2n) is 10.2. The Hall–Kier alpha value is -2.54. The van der Waals surface area contributed by atoms with E-state index in [0.29, 0.717) is 46.4 Å². The Balaban J connectivity index is 1.22. The first-order valence-electron chi connectivity index (χ1n) is 11.9. The zero-order valence-corrected chi connectivity index (χ0v) is 23.9. The minimum absolute atomic E-state index is 0.0743. The molecule has 1 saturated carbocycles. The van der Waals surface area contributed by atoms with Gasteiger partial charge in [0.25, 0.3) is 0 Å². The third kappa shape index (κ3) is 6.86. The molecule has 2 aromatic heterocycles. The van der Waals surface area contributed by atoms with Crippen molar-refractivity contribution < 1.29 is 27.8 Å². The zero-order valence-electron chi connectivity index (χ0n) is 21.3. The summed E-state index contributed by atoms with van der Waals surface area (Å²) in [5.74, 6) is -0.471. The summed E-state index contributed by atoms with van der Waals surface area (Å²) in [6, 6.07) is 3.03. The molecule has 200 valence electrons. The highest BCUT2D eigenvalue weighted by atomic mass is 35.5. The summed E-state index contributed by atoms with van der Waals surface area (Å²) in [6.07, 6.45) is 2.45. The van der Waals surface area contributed by atoms with E-state index in [2.05, 4.69) is 54.1 Å². The van der Waals surface area contributed by atoms with Gasteiger partial charge in [0, 0.05) is 12.1 Å². The monoisotopic (exact) mass is 568 g/mol. The van der Waals surface area contributed by atoms with Crippen molar-refractivity contribution in [2.24, 2.45) is 0 Å². The molecule has 1 amide bonds. The van der Waals surface area contributed by atoms with E-state index in [9.17, 15) is 9.18 Å². The molecule has 3 aromatic rings. The van der Waals surface area contributed by atoms with Crippen LogP contribution in [0.25, 0.3) is 10.2 Å². The van der Waals surface area contributed by atoms with Gasteiger partial charge in [0.05, 0.1) is 34.9 Å². The van der Waals surface area contributed by atoms with Crippen molar-refractivity contribution in [2.75, 3.05) is 18.5 Å². The highest BCUT2D eigenvalue weighted by Crippen LogP contribution is 2.37. The van der Waals surface area contributed by atoms with Crippen LogP contribution in [0.15, 0.2) is 24.5 Å². The number of fused-ring (bicyclic) bond motifs is 1. The van der Waals surface area contributed by atoms with Crippen LogP contribution in [0.1, 0.15) is 33.6 Å². The molecule has 0 aliphatic heterocycles. The minimum atomic E-state index is -1.84. The zero-order chi connectivity index (χ0) is 26.8. The number of hydrogen-bond donors (Lipinski definition) is 1. The maximum Gasteiger partial charge on any atom is 0.412 e. The largest absolute Gasteiger partial charge is 0.483 e. The summed E-state index contributed by atoms with van der Waals surface area (Å²) in [7, 11) is -1.84. The maximum absolute atomic E-state index is 14.4. The summed E-state index contributed by atoms with van der Waals surface area (Å²) < 4.78 is 38.3. The van der Waals surface area contributed by atoms with E-state index < -0.39 is 32.4 Å². The number of ether oxygens (including phenoxy) is 3. The maximum atomic E-state index is 14.4. The fourth-order valence-corrected chi connectivity index (χ4v) is 5.32. The van der Waals surface area contributed by atoms with Crippen molar-refractivity contribution in [3.8, 4) is 11.8 Å². The van der Waals surface area contributed by atoms with Crippen LogP contribution in [0.2, 0.25) is 22.6 Å². The van der Waals surface area contributed by atoms with Crippen LogP contribution < -0.4 is 14.8 Å². The number of amides is 1. The van der Waals surface area contributed by atoms with Gasteiger partial charge >= 0.3 is 12.1 Å². The minimum Gasteiger partial charge on any atom is -0.483 e. The quantitative estimate of drug-likeness (QED) is 0.232. The Kier molecular flexibility index (Phi) is 8.22. The number of carbonyl (C=O) groups excluding carboxylic acids is 1. The Labute approximate surface area is 224 Å². The molecule has 37 heavy (non-hydrogen) atoms. The van der Waals surface area contributed by atoms with Gasteiger partial charge in [0.2, 0.25) is 0 Å². The number of rotatable bonds is 9. The molecule has 1 N–H and O–H groups in total. The van der Waals surface area contributed by atoms with E-state index >= 15 is 0 Å². The lowest BCUT2D eigenvalue weighted by atomic mass is 9.92. The Morgan fingerprint density at radius 1 is 1.19 bits per heavy atom. The molecule has 0 spiro atoms. The molecule has 2 atom stereocenters. The molecule has 9 nitrogen and oxygen atoms in total. The van der Waals surface area contributed by atoms with Crippen molar-refractivity contribution in [3.63, 3.8) is 0 Å². The molecular formula is C24H30ClFN4O5SSi. The number of benzene rings is 1. The summed E-state index contributed by atoms with van der Waals surface area (Å²) in [6.45, 7) is 11.7. The van der Waals surface area contributed by atoms with Crippen molar-refractivity contribution >= 4 is 53.3 Å². The molecule has 1 aromatic carbocycles. The summed E-state index contributed by atoms with van der Waals surface area (Å²) in [5, 5.41) is 2.71. The van der Waals surface area contributed by atoms with Crippen molar-refractivity contribution in [1.82, 2.24) is 15.0 Å². The van der Waals surface area contributed by atoms with Gasteiger partial charge in [-0.05, 0) is 31.0 Å². The summed E-state index contributed by atoms with van der Waals surface area (Å²) in [5.41, 5.74) is 0.823. The summed E-state index contributed by atoms with van der Waals surface area (Å²) in [4.78, 5) is 24.6. The van der Waals surface area contributed by atoms with Crippen LogP contribution >= 0.6 is 22.9 Å². The number of anilines is 1. The number of hydrogen-bond acceptors (Lipinski definition) is 9. The number of nitrogens with zero attached hydrogens (tertiary/aromatic N) is 3. The molecule has 13 heteroatoms. The van der Waals surface area contributed by atoms with Gasteiger partial charge in [-0.25, -0.2) is 24.1 Å². The lowest BCUT2D eigenvalue weighted by molar-refractivity contribution is -0.0431. The van der Waals surface area contributed by atoms with Crippen LogP contribution in [-0.2, 0) is 9.16 Å². The van der Waals surface area contributed by atoms with Gasteiger partial charge in [-0.3, -0.25) is 5.32 Å². The van der Waals surface area contributed by atoms with Gasteiger partial charge in [0.15, 0.2) is 24.4 Å². The first-order chi connectivity index (χ1) is 17.4. The van der Waals surface area contributed by atoms with Crippen LogP contribution in [0, 0.1) is 5.82 Å². The predicted molar refractivity (Wildman–Crippen MR) is 143 cm³/mol. The molecular weight excluding hydrogens is 539 g/mol. The topological polar surface area (TPSA) is 105 Å². The number of thiazole rings is 1. The smallest absolute Gasteiger partial charge is 0.412 e. The lowest BCUT2D eigenvalue weighted by Gasteiger charge is -2.36. The predicted octanol–water partition coefficient (Wildman–Crippen LogP) is 6.44. The fourth-order valence-electron chi connectivity index (χ4n) is 3.25. The average molecular weight is 569 g/mol. The van der Waals surface area contributed by atoms with Gasteiger partial charge in [-0.15, -0.1) is 11.3 Å². The van der Waals surface area contributed by atoms with Crippen molar-refractivity contribution in [1.29, 1.82) is 0 Å². The van der Waals surface area contributed by atoms with E-state index in [1.54, 1.807) is 6.07 Å². The van der Waals surface area contributed by atoms with Crippen molar-refractivity contribution in [2.45, 2.75) is 64.0 Å². The Morgan fingerprint density at radius 3 is 2.54 bits per heavy atom. The highest BCUT2D eigenvalue weighted by Gasteiger charge is 2.38. The fraction of sp³-hybridized carbons (Fsp3) is 0.500. The van der Waals surface area contributed by atoms with Crippen LogP contribution in [0.5, 0.6) is 11.8 Å². The number of carbonyl (C=O) groups is 1. The second kappa shape index (κ2) is 11.1. The number of nitrogens with one attached hydrogen (secondary N) is 1. The Bertz CT molecular complexity index is 1250. The molecule has 0 unspecified atom stereocenters. The molecule has 1 fully saturated rings. The van der Waals surface area contributed by atoms with Crippen LogP contribution in [0.3, 0.4) is 0 Å². The summed E-state index contributed by atoms with van der Waals surface area (Å²) >= 11 is 7.14. The molecule has 0 bridgehead atoms. The highest BCUT2D eigenvalue weighted by molar-refractivity contribution is 7.22. The third-order valence-corrected chi connectivity index (χ3v) is 12.2. The molecule has 2 heterocycles. The normalized spacial score (nSPS) is 17.8. The number of aromatic nitrogens is 3. The first-order valence-corrected chi connectivity index (χ1v) is 16.0. The second-order valence-corrected chi connectivity index (χ2v) is 16.7. The van der Waals surface area contributed by atoms with E-state index in [4.69, 9.17) is 30.2 Å². The molecule has 0 saturated heterocycles. The van der Waals surface area contributed by atoms with Crippen LogP contribution in [0.4, 0.5) is 14.9 Å². The third-order valence-electron chi connectivity index (χ3n) is 6.56. The molecule has 1 aliphatic carbocycles.